The van der Waals surface area contributed by atoms with E-state index in [1.165, 1.54) is 36.3 Å². The number of aliphatic carboxylic acids is 1. The molecule has 3 rings (SSSR count). The van der Waals surface area contributed by atoms with Gasteiger partial charge in [0, 0.05) is 50.7 Å². The number of amides is 1. The molecule has 0 saturated carbocycles. The van der Waals surface area contributed by atoms with E-state index in [4.69, 9.17) is 27.9 Å². The van der Waals surface area contributed by atoms with Gasteiger partial charge in [0.1, 0.15) is 17.5 Å². The maximum Gasteiger partial charge on any atom is 0.414 e. The molecule has 226 valence electrons. The quantitative estimate of drug-likeness (QED) is 0.288. The Bertz CT molecular complexity index is 1510. The number of rotatable bonds is 12. The molecule has 0 saturated heterocycles. The number of ether oxygens (including phenoxy) is 1. The first-order valence-electron chi connectivity index (χ1n) is 12.8. The average Bonchev–Trinajstić information content (AvgIpc) is 2.93. The van der Waals surface area contributed by atoms with Gasteiger partial charge in [-0.25, -0.2) is 23.0 Å². The third-order valence-electron chi connectivity index (χ3n) is 6.18. The minimum absolute atomic E-state index is 0.00164. The molecule has 1 aromatic heterocycles. The van der Waals surface area contributed by atoms with Gasteiger partial charge in [-0.2, -0.15) is 4.98 Å². The van der Waals surface area contributed by atoms with E-state index in [1.54, 1.807) is 38.4 Å². The molecule has 0 radical (unpaired) electrons. The smallest absolute Gasteiger partial charge is 0.414 e. The van der Waals surface area contributed by atoms with Crippen LogP contribution < -0.4 is 19.3 Å². The van der Waals surface area contributed by atoms with Crippen LogP contribution in [0.15, 0.2) is 53.6 Å². The lowest BCUT2D eigenvalue weighted by Gasteiger charge is -2.26. The van der Waals surface area contributed by atoms with Crippen molar-refractivity contribution in [1.29, 1.82) is 0 Å². The molecule has 3 aromatic rings. The Balaban J connectivity index is 1.99. The van der Waals surface area contributed by atoms with Crippen molar-refractivity contribution >= 4 is 62.7 Å². The number of carboxylic acid groups (broad SMARTS) is 1. The standard InChI is InChI=1S/C27H32Cl2N6O6S/c1-6-35(7-2)26-30-16-23(34(5)42(39,40)21-14-18(28)13-19(29)15-21)24(32-26)31-22(25(36)37)12-17-8-10-20(11-9-17)41-27(38)33(3)4/h8-11,13-16,22H,6-7,12H2,1-5H3,(H,36,37)(H,30,31,32). The van der Waals surface area contributed by atoms with E-state index >= 15 is 0 Å². The molecule has 12 nitrogen and oxygen atoms in total. The SMILES string of the molecule is CCN(CC)c1ncc(N(C)S(=O)(=O)c2cc(Cl)cc(Cl)c2)c(NC(Cc2ccc(OC(=O)N(C)C)cc2)C(=O)O)n1. The summed E-state index contributed by atoms with van der Waals surface area (Å²) in [5.74, 6) is -0.611. The number of carbonyl (C=O) groups excluding carboxylic acids is 1. The van der Waals surface area contributed by atoms with E-state index in [0.29, 0.717) is 30.4 Å². The van der Waals surface area contributed by atoms with Crippen molar-refractivity contribution in [3.63, 3.8) is 0 Å². The predicted octanol–water partition coefficient (Wildman–Crippen LogP) is 4.62. The molecule has 1 atom stereocenters. The van der Waals surface area contributed by atoms with Crippen molar-refractivity contribution in [2.75, 3.05) is 48.8 Å². The van der Waals surface area contributed by atoms with E-state index in [-0.39, 0.29) is 32.9 Å². The summed E-state index contributed by atoms with van der Waals surface area (Å²) < 4.78 is 33.2. The molecule has 15 heteroatoms. The summed E-state index contributed by atoms with van der Waals surface area (Å²) in [7, 11) is 0.210. The van der Waals surface area contributed by atoms with Crippen LogP contribution in [0.25, 0.3) is 0 Å². The zero-order valence-electron chi connectivity index (χ0n) is 23.7. The van der Waals surface area contributed by atoms with E-state index < -0.39 is 28.1 Å². The van der Waals surface area contributed by atoms with E-state index in [1.807, 2.05) is 18.7 Å². The Hall–Kier alpha value is -3.81. The van der Waals surface area contributed by atoms with E-state index in [0.717, 1.165) is 4.31 Å². The number of anilines is 3. The molecular weight excluding hydrogens is 607 g/mol. The average molecular weight is 640 g/mol. The fourth-order valence-corrected chi connectivity index (χ4v) is 5.73. The topological polar surface area (TPSA) is 145 Å². The Kier molecular flexibility index (Phi) is 10.8. The molecule has 2 N–H and O–H groups in total. The first kappa shape index (κ1) is 32.7. The highest BCUT2D eigenvalue weighted by Gasteiger charge is 2.28. The monoisotopic (exact) mass is 638 g/mol. The third-order valence-corrected chi connectivity index (χ3v) is 8.36. The molecule has 0 bridgehead atoms. The largest absolute Gasteiger partial charge is 0.480 e. The predicted molar refractivity (Wildman–Crippen MR) is 163 cm³/mol. The molecular formula is C27H32Cl2N6O6S. The molecule has 1 unspecified atom stereocenters. The lowest BCUT2D eigenvalue weighted by Crippen LogP contribution is -2.35. The number of nitrogens with one attached hydrogen (secondary N) is 1. The second-order valence-electron chi connectivity index (χ2n) is 9.30. The fourth-order valence-electron chi connectivity index (χ4n) is 3.81. The summed E-state index contributed by atoms with van der Waals surface area (Å²) in [4.78, 5) is 36.0. The van der Waals surface area contributed by atoms with Crippen molar-refractivity contribution < 1.29 is 27.9 Å². The van der Waals surface area contributed by atoms with Crippen LogP contribution in [-0.2, 0) is 21.2 Å². The second-order valence-corrected chi connectivity index (χ2v) is 12.1. The van der Waals surface area contributed by atoms with Gasteiger partial charge in [0.05, 0.1) is 11.1 Å². The second kappa shape index (κ2) is 13.9. The maximum absolute atomic E-state index is 13.5. The highest BCUT2D eigenvalue weighted by atomic mass is 35.5. The summed E-state index contributed by atoms with van der Waals surface area (Å²) in [5, 5.41) is 13.2. The molecule has 2 aromatic carbocycles. The fraction of sp³-hybridized carbons (Fsp3) is 0.333. The van der Waals surface area contributed by atoms with Crippen LogP contribution in [0.3, 0.4) is 0 Å². The van der Waals surface area contributed by atoms with Crippen molar-refractivity contribution in [3.8, 4) is 5.75 Å². The Labute approximate surface area is 254 Å². The summed E-state index contributed by atoms with van der Waals surface area (Å²) in [6.07, 6.45) is 0.772. The number of carboxylic acids is 1. The van der Waals surface area contributed by atoms with Crippen LogP contribution in [0.4, 0.5) is 22.2 Å². The van der Waals surface area contributed by atoms with Crippen LogP contribution in [0.2, 0.25) is 10.0 Å². The first-order chi connectivity index (χ1) is 19.8. The van der Waals surface area contributed by atoms with Gasteiger partial charge in [-0.1, -0.05) is 35.3 Å². The highest BCUT2D eigenvalue weighted by Crippen LogP contribution is 2.32. The van der Waals surface area contributed by atoms with Gasteiger partial charge in [0.15, 0.2) is 5.82 Å². The number of benzene rings is 2. The number of nitrogens with zero attached hydrogens (tertiary/aromatic N) is 5. The molecule has 0 aliphatic rings. The lowest BCUT2D eigenvalue weighted by atomic mass is 10.1. The number of carbonyl (C=O) groups is 2. The van der Waals surface area contributed by atoms with Crippen molar-refractivity contribution in [2.24, 2.45) is 0 Å². The lowest BCUT2D eigenvalue weighted by molar-refractivity contribution is -0.137. The summed E-state index contributed by atoms with van der Waals surface area (Å²) >= 11 is 12.1. The minimum Gasteiger partial charge on any atom is -0.480 e. The summed E-state index contributed by atoms with van der Waals surface area (Å²) in [6, 6.07) is 9.10. The normalized spacial score (nSPS) is 11.9. The van der Waals surface area contributed by atoms with E-state index in [2.05, 4.69) is 15.3 Å². The number of sulfonamides is 1. The van der Waals surface area contributed by atoms with Crippen molar-refractivity contribution in [1.82, 2.24) is 14.9 Å². The van der Waals surface area contributed by atoms with Crippen LogP contribution in [0.1, 0.15) is 19.4 Å². The Morgan fingerprint density at radius 1 is 1.02 bits per heavy atom. The maximum atomic E-state index is 13.5. The zero-order valence-corrected chi connectivity index (χ0v) is 26.0. The third kappa shape index (κ3) is 7.93. The number of halogens is 2. The summed E-state index contributed by atoms with van der Waals surface area (Å²) in [6.45, 7) is 4.95. The van der Waals surface area contributed by atoms with Crippen LogP contribution >= 0.6 is 23.2 Å². The molecule has 0 aliphatic carbocycles. The Morgan fingerprint density at radius 3 is 2.14 bits per heavy atom. The van der Waals surface area contributed by atoms with Gasteiger partial charge in [-0.3, -0.25) is 4.31 Å². The van der Waals surface area contributed by atoms with Crippen LogP contribution in [0, 0.1) is 0 Å². The van der Waals surface area contributed by atoms with Crippen LogP contribution in [-0.4, -0.2) is 80.7 Å². The van der Waals surface area contributed by atoms with E-state index in [9.17, 15) is 23.1 Å². The molecule has 1 amide bonds. The van der Waals surface area contributed by atoms with Gasteiger partial charge in [0.25, 0.3) is 10.0 Å². The van der Waals surface area contributed by atoms with Crippen molar-refractivity contribution in [3.05, 3.63) is 64.3 Å². The minimum atomic E-state index is -4.20. The van der Waals surface area contributed by atoms with Crippen LogP contribution in [0.5, 0.6) is 5.75 Å². The number of hydrogen-bond acceptors (Lipinski definition) is 9. The first-order valence-corrected chi connectivity index (χ1v) is 15.0. The number of aromatic nitrogens is 2. The van der Waals surface area contributed by atoms with Gasteiger partial charge in [0.2, 0.25) is 5.95 Å². The molecule has 0 fully saturated rings. The van der Waals surface area contributed by atoms with Gasteiger partial charge in [-0.15, -0.1) is 0 Å². The molecule has 0 aliphatic heterocycles. The summed E-state index contributed by atoms with van der Waals surface area (Å²) in [5.41, 5.74) is 0.632. The van der Waals surface area contributed by atoms with Gasteiger partial charge >= 0.3 is 12.1 Å². The van der Waals surface area contributed by atoms with Gasteiger partial charge in [-0.05, 0) is 49.7 Å². The molecule has 1 heterocycles. The highest BCUT2D eigenvalue weighted by molar-refractivity contribution is 7.92. The molecule has 42 heavy (non-hydrogen) atoms. The number of hydrogen-bond donors (Lipinski definition) is 2. The zero-order chi connectivity index (χ0) is 31.2. The molecule has 0 spiro atoms. The van der Waals surface area contributed by atoms with Crippen molar-refractivity contribution in [2.45, 2.75) is 31.2 Å². The Morgan fingerprint density at radius 2 is 1.62 bits per heavy atom. The van der Waals surface area contributed by atoms with Gasteiger partial charge < -0.3 is 25.0 Å².